The summed E-state index contributed by atoms with van der Waals surface area (Å²) in [6, 6.07) is 0. The molecule has 0 fully saturated rings. The number of carbonyl (C=O) groups is 4. The number of ether oxygens (including phenoxy) is 4. The number of nitrogens with one attached hydrogen (secondary N) is 2. The van der Waals surface area contributed by atoms with Gasteiger partial charge < -0.3 is 34.7 Å². The zero-order chi connectivity index (χ0) is 22.6. The normalized spacial score (nSPS) is 11.7. The van der Waals surface area contributed by atoms with Gasteiger partial charge in [-0.2, -0.15) is 0 Å². The van der Waals surface area contributed by atoms with Crippen molar-refractivity contribution in [1.82, 2.24) is 10.6 Å². The van der Waals surface area contributed by atoms with Crippen LogP contribution in [0.25, 0.3) is 0 Å². The van der Waals surface area contributed by atoms with Gasteiger partial charge in [0.1, 0.15) is 13.2 Å². The minimum absolute atomic E-state index is 0.0415. The molecule has 1 atom stereocenters. The summed E-state index contributed by atoms with van der Waals surface area (Å²) in [5.41, 5.74) is 0. The Balaban J connectivity index is 3.39. The predicted octanol–water partition coefficient (Wildman–Crippen LogP) is -0.625. The van der Waals surface area contributed by atoms with Gasteiger partial charge in [-0.15, -0.1) is 0 Å². The number of carbonyl (C=O) groups excluding carboxylic acids is 3. The van der Waals surface area contributed by atoms with Crippen molar-refractivity contribution in [2.24, 2.45) is 5.92 Å². The fraction of sp³-hybridized carbons (Fsp3) is 0.789. The molecule has 30 heavy (non-hydrogen) atoms. The molecule has 0 aliphatic rings. The Morgan fingerprint density at radius 2 is 1.33 bits per heavy atom. The van der Waals surface area contributed by atoms with Crippen molar-refractivity contribution in [2.75, 3.05) is 65.9 Å². The standard InChI is InChI=1S/C19H34N2O9/c1-15(3-4-18(24)25)19(26)21-6-8-28-10-12-30-14-17(23)20-5-7-27-9-11-29-13-16(2)22/h15H,3-14H2,1-2H3,(H,20,23)(H,21,26)(H,24,25)/t15-/m0/s1. The van der Waals surface area contributed by atoms with Gasteiger partial charge in [-0.25, -0.2) is 0 Å². The lowest BCUT2D eigenvalue weighted by atomic mass is 10.1. The van der Waals surface area contributed by atoms with E-state index in [1.54, 1.807) is 6.92 Å². The molecule has 0 bridgehead atoms. The first-order valence-corrected chi connectivity index (χ1v) is 9.89. The highest BCUT2D eigenvalue weighted by Gasteiger charge is 2.13. The van der Waals surface area contributed by atoms with Gasteiger partial charge in [0.25, 0.3) is 0 Å². The summed E-state index contributed by atoms with van der Waals surface area (Å²) in [5.74, 6) is -1.81. The van der Waals surface area contributed by atoms with Crippen molar-refractivity contribution < 1.29 is 43.2 Å². The Bertz CT molecular complexity index is 514. The molecule has 2 amide bonds. The first kappa shape index (κ1) is 27.9. The summed E-state index contributed by atoms with van der Waals surface area (Å²) in [7, 11) is 0. The quantitative estimate of drug-likeness (QED) is 0.213. The van der Waals surface area contributed by atoms with Gasteiger partial charge in [-0.05, 0) is 13.3 Å². The molecular weight excluding hydrogens is 400 g/mol. The molecule has 0 aromatic carbocycles. The number of carboxylic acid groups (broad SMARTS) is 1. The van der Waals surface area contributed by atoms with E-state index in [9.17, 15) is 19.2 Å². The Kier molecular flexibility index (Phi) is 17.6. The van der Waals surface area contributed by atoms with Crippen molar-refractivity contribution in [2.45, 2.75) is 26.7 Å². The van der Waals surface area contributed by atoms with Gasteiger partial charge >= 0.3 is 5.97 Å². The molecule has 0 aromatic heterocycles. The number of amides is 2. The molecular formula is C19H34N2O9. The summed E-state index contributed by atoms with van der Waals surface area (Å²) < 4.78 is 20.7. The molecule has 0 saturated heterocycles. The summed E-state index contributed by atoms with van der Waals surface area (Å²) in [6.07, 6.45) is 0.250. The van der Waals surface area contributed by atoms with E-state index in [0.717, 1.165) is 0 Å². The fourth-order valence-corrected chi connectivity index (χ4v) is 2.03. The Morgan fingerprint density at radius 1 is 0.800 bits per heavy atom. The van der Waals surface area contributed by atoms with Gasteiger partial charge in [0.05, 0.1) is 39.6 Å². The average Bonchev–Trinajstić information content (AvgIpc) is 2.69. The molecule has 11 nitrogen and oxygen atoms in total. The summed E-state index contributed by atoms with van der Waals surface area (Å²) in [4.78, 5) is 44.4. The molecule has 0 spiro atoms. The average molecular weight is 434 g/mol. The maximum Gasteiger partial charge on any atom is 0.303 e. The summed E-state index contributed by atoms with van der Waals surface area (Å²) in [6.45, 7) is 5.57. The van der Waals surface area contributed by atoms with Crippen LogP contribution in [0.15, 0.2) is 0 Å². The highest BCUT2D eigenvalue weighted by Crippen LogP contribution is 2.05. The second-order valence-electron chi connectivity index (χ2n) is 6.51. The third-order valence-electron chi connectivity index (χ3n) is 3.64. The van der Waals surface area contributed by atoms with Gasteiger partial charge in [0.2, 0.25) is 11.8 Å². The number of hydrogen-bond acceptors (Lipinski definition) is 8. The third-order valence-corrected chi connectivity index (χ3v) is 3.64. The Morgan fingerprint density at radius 3 is 1.90 bits per heavy atom. The van der Waals surface area contributed by atoms with Crippen LogP contribution in [0.4, 0.5) is 0 Å². The number of Topliss-reactive ketones (excluding diaryl/α,β-unsaturated/α-hetero) is 1. The van der Waals surface area contributed by atoms with Crippen LogP contribution in [0.3, 0.4) is 0 Å². The smallest absolute Gasteiger partial charge is 0.303 e. The molecule has 0 unspecified atom stereocenters. The van der Waals surface area contributed by atoms with E-state index in [4.69, 9.17) is 24.1 Å². The second-order valence-corrected chi connectivity index (χ2v) is 6.51. The SMILES string of the molecule is CC(=O)COCCOCCNC(=O)COCCOCCNC(=O)[C@@H](C)CCC(=O)O. The Labute approximate surface area is 176 Å². The van der Waals surface area contributed by atoms with Crippen LogP contribution >= 0.6 is 0 Å². The highest BCUT2D eigenvalue weighted by molar-refractivity contribution is 5.79. The van der Waals surface area contributed by atoms with Crippen LogP contribution in [0.5, 0.6) is 0 Å². The van der Waals surface area contributed by atoms with E-state index in [2.05, 4.69) is 10.6 Å². The third kappa shape index (κ3) is 19.2. The maximum atomic E-state index is 11.7. The topological polar surface area (TPSA) is 149 Å². The minimum Gasteiger partial charge on any atom is -0.481 e. The number of aliphatic carboxylic acids is 1. The zero-order valence-electron chi connectivity index (χ0n) is 17.8. The van der Waals surface area contributed by atoms with Crippen molar-refractivity contribution in [1.29, 1.82) is 0 Å². The van der Waals surface area contributed by atoms with Crippen molar-refractivity contribution >= 4 is 23.6 Å². The maximum absolute atomic E-state index is 11.7. The molecule has 0 aliphatic carbocycles. The molecule has 3 N–H and O–H groups in total. The molecule has 0 heterocycles. The second kappa shape index (κ2) is 18.9. The van der Waals surface area contributed by atoms with Crippen molar-refractivity contribution in [3.8, 4) is 0 Å². The molecule has 0 saturated carbocycles. The van der Waals surface area contributed by atoms with Gasteiger partial charge in [-0.3, -0.25) is 19.2 Å². The summed E-state index contributed by atoms with van der Waals surface area (Å²) in [5, 5.41) is 13.9. The lowest BCUT2D eigenvalue weighted by molar-refractivity contribution is -0.137. The first-order chi connectivity index (χ1) is 14.3. The fourth-order valence-electron chi connectivity index (χ4n) is 2.03. The minimum atomic E-state index is -0.924. The van der Waals surface area contributed by atoms with Crippen LogP contribution in [-0.2, 0) is 38.1 Å². The van der Waals surface area contributed by atoms with Crippen LogP contribution in [0.1, 0.15) is 26.7 Å². The first-order valence-electron chi connectivity index (χ1n) is 9.89. The molecule has 0 rings (SSSR count). The van der Waals surface area contributed by atoms with Crippen LogP contribution in [0, 0.1) is 5.92 Å². The van der Waals surface area contributed by atoms with E-state index in [1.165, 1.54) is 6.92 Å². The predicted molar refractivity (Wildman–Crippen MR) is 106 cm³/mol. The molecule has 11 heteroatoms. The van der Waals surface area contributed by atoms with Crippen LogP contribution in [0.2, 0.25) is 0 Å². The van der Waals surface area contributed by atoms with Crippen LogP contribution in [-0.4, -0.2) is 94.6 Å². The molecule has 174 valence electrons. The van der Waals surface area contributed by atoms with Gasteiger partial charge in [0.15, 0.2) is 5.78 Å². The lowest BCUT2D eigenvalue weighted by Crippen LogP contribution is -2.32. The van der Waals surface area contributed by atoms with E-state index in [1.807, 2.05) is 0 Å². The highest BCUT2D eigenvalue weighted by atomic mass is 16.5. The van der Waals surface area contributed by atoms with Gasteiger partial charge in [-0.1, -0.05) is 6.92 Å². The van der Waals surface area contributed by atoms with E-state index in [-0.39, 0.29) is 56.4 Å². The lowest BCUT2D eigenvalue weighted by Gasteiger charge is -2.11. The largest absolute Gasteiger partial charge is 0.481 e. The molecule has 0 aliphatic heterocycles. The van der Waals surface area contributed by atoms with E-state index < -0.39 is 5.97 Å². The zero-order valence-corrected chi connectivity index (χ0v) is 17.8. The monoisotopic (exact) mass is 434 g/mol. The number of ketones is 1. The van der Waals surface area contributed by atoms with E-state index in [0.29, 0.717) is 45.9 Å². The van der Waals surface area contributed by atoms with Crippen LogP contribution < -0.4 is 10.6 Å². The van der Waals surface area contributed by atoms with E-state index >= 15 is 0 Å². The summed E-state index contributed by atoms with van der Waals surface area (Å²) >= 11 is 0. The number of carboxylic acids is 1. The van der Waals surface area contributed by atoms with Gasteiger partial charge in [0, 0.05) is 25.4 Å². The molecule has 0 aromatic rings. The van der Waals surface area contributed by atoms with Crippen molar-refractivity contribution in [3.63, 3.8) is 0 Å². The van der Waals surface area contributed by atoms with Crippen molar-refractivity contribution in [3.05, 3.63) is 0 Å². The molecule has 0 radical (unpaired) electrons. The Hall–Kier alpha value is -2.08. The number of hydrogen-bond donors (Lipinski definition) is 3. The number of rotatable bonds is 20.